The summed E-state index contributed by atoms with van der Waals surface area (Å²) < 4.78 is 57.3. The van der Waals surface area contributed by atoms with E-state index in [1.54, 1.807) is 0 Å². The minimum absolute atomic E-state index is 0.0437. The molecular formula is C18H20F2N4O5S. The van der Waals surface area contributed by atoms with Gasteiger partial charge in [-0.25, -0.2) is 8.42 Å². The number of hydrogen-bond acceptors (Lipinski definition) is 5. The SMILES string of the molecule is Cn1cc(S(=O)(=O)N2CCN(C(=O)c3cccc(OC(F)F)c3)CC2)cc1C(N)=O. The third kappa shape index (κ3) is 4.44. The molecule has 1 aliphatic rings. The number of primary amides is 1. The topological polar surface area (TPSA) is 115 Å². The standard InChI is InChI=1S/C18H20F2N4O5S/c1-22-11-14(10-15(22)16(21)25)30(27,28)24-7-5-23(6-8-24)17(26)12-3-2-4-13(9-12)29-18(19)20/h2-4,9-11,18H,5-8H2,1H3,(H2,21,25). The molecule has 1 aliphatic heterocycles. The summed E-state index contributed by atoms with van der Waals surface area (Å²) in [4.78, 5) is 25.4. The van der Waals surface area contributed by atoms with E-state index in [1.807, 2.05) is 0 Å². The van der Waals surface area contributed by atoms with Crippen LogP contribution >= 0.6 is 0 Å². The van der Waals surface area contributed by atoms with E-state index in [-0.39, 0.29) is 48.1 Å². The van der Waals surface area contributed by atoms with Gasteiger partial charge in [0.1, 0.15) is 16.3 Å². The molecule has 0 radical (unpaired) electrons. The number of halogens is 2. The van der Waals surface area contributed by atoms with Gasteiger partial charge < -0.3 is 19.9 Å². The zero-order valence-corrected chi connectivity index (χ0v) is 16.8. The Morgan fingerprint density at radius 3 is 2.37 bits per heavy atom. The average molecular weight is 442 g/mol. The van der Waals surface area contributed by atoms with Gasteiger partial charge in [-0.2, -0.15) is 13.1 Å². The molecule has 2 amide bonds. The third-order valence-corrected chi connectivity index (χ3v) is 6.57. The lowest BCUT2D eigenvalue weighted by molar-refractivity contribution is -0.0499. The van der Waals surface area contributed by atoms with Crippen molar-refractivity contribution in [1.82, 2.24) is 13.8 Å². The first-order valence-corrected chi connectivity index (χ1v) is 10.3. The van der Waals surface area contributed by atoms with E-state index in [0.717, 1.165) is 0 Å². The number of nitrogens with zero attached hydrogens (tertiary/aromatic N) is 3. The zero-order valence-electron chi connectivity index (χ0n) is 16.0. The van der Waals surface area contributed by atoms with E-state index in [0.29, 0.717) is 0 Å². The number of aromatic nitrogens is 1. The molecule has 2 N–H and O–H groups in total. The van der Waals surface area contributed by atoms with Crippen LogP contribution in [0.5, 0.6) is 5.75 Å². The molecule has 3 rings (SSSR count). The summed E-state index contributed by atoms with van der Waals surface area (Å²) in [5.41, 5.74) is 5.46. The van der Waals surface area contributed by atoms with Gasteiger partial charge >= 0.3 is 6.61 Å². The van der Waals surface area contributed by atoms with Gasteiger partial charge in [-0.1, -0.05) is 6.07 Å². The van der Waals surface area contributed by atoms with E-state index < -0.39 is 28.4 Å². The van der Waals surface area contributed by atoms with Crippen LogP contribution in [0.3, 0.4) is 0 Å². The molecule has 1 fully saturated rings. The summed E-state index contributed by atoms with van der Waals surface area (Å²) in [6.07, 6.45) is 1.31. The number of benzene rings is 1. The van der Waals surface area contributed by atoms with Crippen molar-refractivity contribution in [1.29, 1.82) is 0 Å². The average Bonchev–Trinajstić information content (AvgIpc) is 3.10. The van der Waals surface area contributed by atoms with Gasteiger partial charge in [0.15, 0.2) is 0 Å². The Kier molecular flexibility index (Phi) is 6.08. The Morgan fingerprint density at radius 2 is 1.80 bits per heavy atom. The summed E-state index contributed by atoms with van der Waals surface area (Å²) in [7, 11) is -2.35. The molecule has 0 atom stereocenters. The Hall–Kier alpha value is -2.99. The van der Waals surface area contributed by atoms with Crippen LogP contribution in [0.1, 0.15) is 20.8 Å². The molecule has 162 valence electrons. The van der Waals surface area contributed by atoms with Crippen molar-refractivity contribution in [2.75, 3.05) is 26.2 Å². The second kappa shape index (κ2) is 8.40. The lowest BCUT2D eigenvalue weighted by atomic mass is 10.1. The molecule has 1 saturated heterocycles. The fourth-order valence-electron chi connectivity index (χ4n) is 3.19. The lowest BCUT2D eigenvalue weighted by Crippen LogP contribution is -2.50. The van der Waals surface area contributed by atoms with E-state index in [9.17, 15) is 26.8 Å². The highest BCUT2D eigenvalue weighted by Crippen LogP contribution is 2.22. The van der Waals surface area contributed by atoms with Gasteiger partial charge in [-0.05, 0) is 24.3 Å². The second-order valence-electron chi connectivity index (χ2n) is 6.64. The second-order valence-corrected chi connectivity index (χ2v) is 8.58. The fourth-order valence-corrected chi connectivity index (χ4v) is 4.68. The number of piperazine rings is 1. The van der Waals surface area contributed by atoms with Gasteiger partial charge in [-0.3, -0.25) is 9.59 Å². The molecule has 0 bridgehead atoms. The number of ether oxygens (including phenoxy) is 1. The molecule has 12 heteroatoms. The number of rotatable bonds is 6. The summed E-state index contributed by atoms with van der Waals surface area (Å²) in [6.45, 7) is -2.68. The van der Waals surface area contributed by atoms with Crippen LogP contribution in [0.2, 0.25) is 0 Å². The van der Waals surface area contributed by atoms with E-state index in [1.165, 1.54) is 57.3 Å². The van der Waals surface area contributed by atoms with Gasteiger partial charge in [0.05, 0.1) is 0 Å². The Bertz CT molecular complexity index is 1060. The highest BCUT2D eigenvalue weighted by atomic mass is 32.2. The molecule has 0 spiro atoms. The van der Waals surface area contributed by atoms with Gasteiger partial charge in [0.2, 0.25) is 10.0 Å². The summed E-state index contributed by atoms with van der Waals surface area (Å²) in [6, 6.07) is 6.64. The maximum Gasteiger partial charge on any atom is 0.387 e. The molecule has 30 heavy (non-hydrogen) atoms. The van der Waals surface area contributed by atoms with Crippen LogP contribution in [-0.4, -0.2) is 66.8 Å². The molecule has 2 heterocycles. The highest BCUT2D eigenvalue weighted by Gasteiger charge is 2.32. The first kappa shape index (κ1) is 21.7. The van der Waals surface area contributed by atoms with Crippen molar-refractivity contribution in [3.05, 3.63) is 47.8 Å². The summed E-state index contributed by atoms with van der Waals surface area (Å²) in [5.74, 6) is -1.29. The fraction of sp³-hybridized carbons (Fsp3) is 0.333. The number of carbonyl (C=O) groups is 2. The Labute approximate surface area is 171 Å². The maximum atomic E-state index is 12.8. The number of nitrogens with two attached hydrogens (primary N) is 1. The van der Waals surface area contributed by atoms with E-state index in [4.69, 9.17) is 5.73 Å². The molecule has 9 nitrogen and oxygen atoms in total. The number of amides is 2. The highest BCUT2D eigenvalue weighted by molar-refractivity contribution is 7.89. The molecule has 1 aromatic carbocycles. The molecule has 0 saturated carbocycles. The van der Waals surface area contributed by atoms with Crippen molar-refractivity contribution in [2.45, 2.75) is 11.5 Å². The minimum Gasteiger partial charge on any atom is -0.435 e. The summed E-state index contributed by atoms with van der Waals surface area (Å²) in [5, 5.41) is 0. The van der Waals surface area contributed by atoms with Crippen LogP contribution < -0.4 is 10.5 Å². The number of sulfonamides is 1. The van der Waals surface area contributed by atoms with Gasteiger partial charge in [0, 0.05) is 45.0 Å². The molecule has 0 aliphatic carbocycles. The van der Waals surface area contributed by atoms with Crippen LogP contribution in [0.4, 0.5) is 8.78 Å². The minimum atomic E-state index is -3.87. The Morgan fingerprint density at radius 1 is 1.13 bits per heavy atom. The largest absolute Gasteiger partial charge is 0.435 e. The number of alkyl halides is 2. The van der Waals surface area contributed by atoms with Gasteiger partial charge in [-0.15, -0.1) is 0 Å². The molecule has 2 aromatic rings. The van der Waals surface area contributed by atoms with Crippen molar-refractivity contribution < 1.29 is 31.5 Å². The zero-order chi connectivity index (χ0) is 22.1. The van der Waals surface area contributed by atoms with Crippen LogP contribution in [-0.2, 0) is 17.1 Å². The van der Waals surface area contributed by atoms with E-state index in [2.05, 4.69) is 4.74 Å². The number of hydrogen-bond donors (Lipinski definition) is 1. The molecule has 1 aromatic heterocycles. The van der Waals surface area contributed by atoms with Crippen molar-refractivity contribution >= 4 is 21.8 Å². The quantitative estimate of drug-likeness (QED) is 0.713. The number of aryl methyl sites for hydroxylation is 1. The van der Waals surface area contributed by atoms with Crippen molar-refractivity contribution in [3.8, 4) is 5.75 Å². The Balaban J connectivity index is 1.69. The first-order valence-electron chi connectivity index (χ1n) is 8.90. The van der Waals surface area contributed by atoms with Gasteiger partial charge in [0.25, 0.3) is 11.8 Å². The maximum absolute atomic E-state index is 12.8. The predicted molar refractivity (Wildman–Crippen MR) is 102 cm³/mol. The number of carbonyl (C=O) groups excluding carboxylic acids is 2. The molecular weight excluding hydrogens is 422 g/mol. The van der Waals surface area contributed by atoms with E-state index >= 15 is 0 Å². The van der Waals surface area contributed by atoms with Crippen LogP contribution in [0.25, 0.3) is 0 Å². The van der Waals surface area contributed by atoms with Crippen LogP contribution in [0, 0.1) is 0 Å². The first-order chi connectivity index (χ1) is 14.1. The van der Waals surface area contributed by atoms with Crippen molar-refractivity contribution in [3.63, 3.8) is 0 Å². The normalized spacial score (nSPS) is 15.4. The molecule has 0 unspecified atom stereocenters. The van der Waals surface area contributed by atoms with Crippen LogP contribution in [0.15, 0.2) is 41.4 Å². The summed E-state index contributed by atoms with van der Waals surface area (Å²) >= 11 is 0. The van der Waals surface area contributed by atoms with Crippen molar-refractivity contribution in [2.24, 2.45) is 12.8 Å². The monoisotopic (exact) mass is 442 g/mol. The lowest BCUT2D eigenvalue weighted by Gasteiger charge is -2.33. The smallest absolute Gasteiger partial charge is 0.387 e. The third-order valence-electron chi connectivity index (χ3n) is 4.70. The predicted octanol–water partition coefficient (Wildman–Crippen LogP) is 0.872.